The van der Waals surface area contributed by atoms with Crippen molar-refractivity contribution in [2.75, 3.05) is 0 Å². The van der Waals surface area contributed by atoms with E-state index in [9.17, 15) is 5.11 Å². The summed E-state index contributed by atoms with van der Waals surface area (Å²) in [5, 5.41) is 10.1. The Morgan fingerprint density at radius 1 is 0.286 bits per heavy atom. The van der Waals surface area contributed by atoms with Crippen LogP contribution in [0.25, 0.3) is 0 Å². The minimum Gasteiger partial charge on any atom is -0.206 e. The van der Waals surface area contributed by atoms with Gasteiger partial charge >= 0.3 is 0 Å². The first-order chi connectivity index (χ1) is 11.8. The molecule has 165 valence electrons. The third-order valence-corrected chi connectivity index (χ3v) is 17.6. The van der Waals surface area contributed by atoms with Crippen LogP contribution in [0.2, 0.25) is 0 Å². The van der Waals surface area contributed by atoms with E-state index in [-0.39, 0.29) is 0 Å². The Kier molecular flexibility index (Phi) is 7.52. The van der Waals surface area contributed by atoms with Crippen LogP contribution in [-0.4, -0.2) is 45.1 Å². The molecule has 28 heavy (non-hydrogen) atoms. The van der Waals surface area contributed by atoms with Gasteiger partial charge in [-0.1, -0.05) is 174 Å². The van der Waals surface area contributed by atoms with E-state index in [1.54, 1.807) is 0 Å². The first kappa shape index (κ1) is 29.1. The summed E-state index contributed by atoms with van der Waals surface area (Å²) in [5.41, 5.74) is 0. The van der Waals surface area contributed by atoms with Gasteiger partial charge in [-0.2, -0.15) is 0 Å². The molecule has 0 aromatic heterocycles. The molecule has 0 heterocycles. The van der Waals surface area contributed by atoms with Crippen LogP contribution in [0.4, 0.5) is 0 Å². The molecule has 18 heteroatoms. The van der Waals surface area contributed by atoms with Gasteiger partial charge in [0.05, 0.1) is 0 Å². The van der Waals surface area contributed by atoms with Gasteiger partial charge < -0.3 is 0 Å². The Hall–Kier alpha value is 4.89. The number of rotatable bonds is 0. The van der Waals surface area contributed by atoms with Crippen molar-refractivity contribution in [3.05, 3.63) is 0 Å². The smallest absolute Gasteiger partial charge is 0.206 e. The third kappa shape index (κ3) is 2.56. The summed E-state index contributed by atoms with van der Waals surface area (Å²) >= 11 is 106. The summed E-state index contributed by atoms with van der Waals surface area (Å²) in [7, 11) is 0. The van der Waals surface area contributed by atoms with E-state index < -0.39 is 45.1 Å². The normalized spacial score (nSPS) is 46.5. The second kappa shape index (κ2) is 7.23. The van der Waals surface area contributed by atoms with Gasteiger partial charge in [0.25, 0.3) is 0 Å². The second-order valence-electron chi connectivity index (χ2n) is 5.93. The molecule has 2 rings (SSSR count). The highest BCUT2D eigenvalue weighted by molar-refractivity contribution is 6.82. The summed E-state index contributed by atoms with van der Waals surface area (Å²) in [4.78, 5) is -6.39. The van der Waals surface area contributed by atoms with Crippen LogP contribution in [0.3, 0.4) is 0 Å². The summed E-state index contributed by atoms with van der Waals surface area (Å²) < 4.78 is -20.8. The van der Waals surface area contributed by atoms with E-state index in [0.717, 1.165) is 0 Å². The fourth-order valence-electron chi connectivity index (χ4n) is 2.93. The fourth-order valence-corrected chi connectivity index (χ4v) is 11.0. The molecule has 0 aromatic carbocycles. The molecule has 2 fully saturated rings. The Bertz CT molecular complexity index is 593. The van der Waals surface area contributed by atoms with E-state index in [4.69, 9.17) is 197 Å². The molecule has 2 aliphatic rings. The average molecular weight is 739 g/mol. The minimum atomic E-state index is -3.60. The largest absolute Gasteiger partial charge is 0.236 e. The van der Waals surface area contributed by atoms with Gasteiger partial charge in [0.15, 0.2) is 30.9 Å². The molecule has 2 aliphatic carbocycles. The number of hydrogen-bond acceptors (Lipinski definition) is 0. The first-order valence-corrected chi connectivity index (χ1v) is 12.6. The maximum absolute atomic E-state index is 13.7. The summed E-state index contributed by atoms with van der Waals surface area (Å²) in [6.07, 6.45) is 0. The molecule has 3 atom stereocenters. The highest BCUT2D eigenvalue weighted by atomic mass is 35.6. The lowest BCUT2D eigenvalue weighted by molar-refractivity contribution is -0.0667. The summed E-state index contributed by atoms with van der Waals surface area (Å²) in [6, 6.07) is 0. The number of alkyl halides is 17. The standard InChI is InChI=1S/C10Cl17O/c11-1-2(12,5(17,18)7(21,22)6(19,20)3(1,13)14)10(27,28)9(25,26)8(23,24)4(1,15)16. The molecule has 0 saturated heterocycles. The Morgan fingerprint density at radius 2 is 0.500 bits per heavy atom. The molecular weight excluding hydrogens is 739 g/mol. The van der Waals surface area contributed by atoms with E-state index in [0.29, 0.717) is 0 Å². The van der Waals surface area contributed by atoms with Crippen molar-refractivity contribution in [1.29, 1.82) is 0 Å². The molecule has 2 saturated carbocycles. The zero-order chi connectivity index (χ0) is 23.0. The first-order valence-electron chi connectivity index (χ1n) is 6.17. The predicted molar refractivity (Wildman–Crippen MR) is 127 cm³/mol. The zero-order valence-corrected chi connectivity index (χ0v) is 24.7. The summed E-state index contributed by atoms with van der Waals surface area (Å²) in [5.74, 6) is 0. The lowest BCUT2D eigenvalue weighted by Gasteiger charge is -2.74. The van der Waals surface area contributed by atoms with Gasteiger partial charge in [0.2, 0.25) is 9.39 Å². The molecule has 0 amide bonds. The van der Waals surface area contributed by atoms with Crippen molar-refractivity contribution in [3.8, 4) is 0 Å². The zero-order valence-electron chi connectivity index (χ0n) is 11.8. The van der Waals surface area contributed by atoms with Gasteiger partial charge in [0.1, 0.15) is 4.87 Å². The molecule has 1 nitrogen and oxygen atoms in total. The number of halogens is 17. The molecule has 1 radical (unpaired) electrons. The van der Waals surface area contributed by atoms with Gasteiger partial charge in [-0.15, -0.1) is 23.2 Å². The van der Waals surface area contributed by atoms with Crippen molar-refractivity contribution in [2.24, 2.45) is 0 Å². The fraction of sp³-hybridized carbons (Fsp3) is 1.00. The van der Waals surface area contributed by atoms with Crippen molar-refractivity contribution in [3.63, 3.8) is 0 Å². The molecule has 0 spiro atoms. The van der Waals surface area contributed by atoms with Crippen molar-refractivity contribution in [1.82, 2.24) is 0 Å². The molecule has 3 unspecified atom stereocenters. The molecule has 0 N–H and O–H groups in total. The van der Waals surface area contributed by atoms with E-state index in [1.807, 2.05) is 0 Å². The van der Waals surface area contributed by atoms with E-state index in [2.05, 4.69) is 0 Å². The Labute approximate surface area is 244 Å². The lowest BCUT2D eigenvalue weighted by atomic mass is 9.64. The van der Waals surface area contributed by atoms with Crippen LogP contribution < -0.4 is 0 Å². The SMILES string of the molecule is [O]C1(Cl)C(Cl)(Cl)C(Cl)(Cl)C(Cl)(Cl)C2(Cl)C(Cl)(Cl)C(Cl)(Cl)C(Cl)(Cl)C(Cl)(Cl)C12Cl. The molecule has 0 aliphatic heterocycles. The minimum absolute atomic E-state index is 2.85. The van der Waals surface area contributed by atoms with Crippen LogP contribution in [0, 0.1) is 0 Å². The molecule has 0 bridgehead atoms. The molecule has 0 aromatic rings. The van der Waals surface area contributed by atoms with Gasteiger partial charge in [0, 0.05) is 0 Å². The number of fused-ring (bicyclic) bond motifs is 1. The number of hydrogen-bond donors (Lipinski definition) is 0. The van der Waals surface area contributed by atoms with Crippen LogP contribution >= 0.6 is 197 Å². The second-order valence-corrected chi connectivity index (χ2v) is 16.9. The van der Waals surface area contributed by atoms with Gasteiger partial charge in [-0.25, -0.2) is 5.11 Å². The Balaban J connectivity index is 3.23. The quantitative estimate of drug-likeness (QED) is 0.221. The third-order valence-electron chi connectivity index (χ3n) is 4.59. The van der Waals surface area contributed by atoms with Crippen molar-refractivity contribution >= 4 is 197 Å². The van der Waals surface area contributed by atoms with Gasteiger partial charge in [-0.3, -0.25) is 0 Å². The topological polar surface area (TPSA) is 19.9 Å². The van der Waals surface area contributed by atoms with E-state index >= 15 is 0 Å². The predicted octanol–water partition coefficient (Wildman–Crippen LogP) is 9.55. The average Bonchev–Trinajstić information content (AvgIpc) is 2.49. The van der Waals surface area contributed by atoms with Crippen LogP contribution in [-0.2, 0) is 5.11 Å². The highest BCUT2D eigenvalue weighted by Crippen LogP contribution is 2.86. The molecular formula is C10Cl17O. The van der Waals surface area contributed by atoms with Crippen molar-refractivity contribution < 1.29 is 5.11 Å². The van der Waals surface area contributed by atoms with Crippen LogP contribution in [0.1, 0.15) is 0 Å². The monoisotopic (exact) mass is 730 g/mol. The Morgan fingerprint density at radius 3 is 0.786 bits per heavy atom. The van der Waals surface area contributed by atoms with Crippen LogP contribution in [0.15, 0.2) is 0 Å². The highest BCUT2D eigenvalue weighted by Gasteiger charge is 3.02. The maximum atomic E-state index is 13.7. The van der Waals surface area contributed by atoms with Crippen LogP contribution in [0.5, 0.6) is 0 Å². The van der Waals surface area contributed by atoms with E-state index in [1.165, 1.54) is 0 Å². The maximum Gasteiger partial charge on any atom is 0.236 e. The summed E-state index contributed by atoms with van der Waals surface area (Å²) in [6.45, 7) is 0. The van der Waals surface area contributed by atoms with Gasteiger partial charge in [-0.05, 0) is 0 Å². The lowest BCUT2D eigenvalue weighted by Crippen LogP contribution is -2.96. The van der Waals surface area contributed by atoms with Crippen molar-refractivity contribution in [2.45, 2.75) is 45.1 Å².